The van der Waals surface area contributed by atoms with E-state index in [0.717, 1.165) is 44.9 Å². The van der Waals surface area contributed by atoms with Crippen LogP contribution in [-0.4, -0.2) is 87.5 Å². The molecule has 6 N–H and O–H groups in total. The van der Waals surface area contributed by atoms with E-state index in [-0.39, 0.29) is 12.5 Å². The number of unbranched alkanes of at least 4 members (excludes halogenated alkanes) is 19. The van der Waals surface area contributed by atoms with Crippen LogP contribution in [0.1, 0.15) is 162 Å². The SMILES string of the molecule is CCCCCCCCCCCCCCCCC/C=C/CC/C=C/C(O)C(COC1OC(CO)C(O)C(O)C1O)NC(=O)CCCCCC. The fourth-order valence-corrected chi connectivity index (χ4v) is 6.05. The molecular formula is C39H73NO8. The first kappa shape index (κ1) is 44.7. The maximum atomic E-state index is 12.6. The molecular weight excluding hydrogens is 610 g/mol. The Kier molecular flexibility index (Phi) is 28.4. The van der Waals surface area contributed by atoms with Crippen molar-refractivity contribution in [2.24, 2.45) is 0 Å². The molecule has 0 aromatic carbocycles. The van der Waals surface area contributed by atoms with Crippen molar-refractivity contribution in [3.8, 4) is 0 Å². The summed E-state index contributed by atoms with van der Waals surface area (Å²) in [6, 6.07) is -0.812. The number of nitrogens with one attached hydrogen (secondary N) is 1. The van der Waals surface area contributed by atoms with Crippen molar-refractivity contribution in [3.63, 3.8) is 0 Å². The Bertz CT molecular complexity index is 807. The molecule has 1 fully saturated rings. The van der Waals surface area contributed by atoms with Gasteiger partial charge in [0.05, 0.1) is 25.4 Å². The molecule has 9 nitrogen and oxygen atoms in total. The van der Waals surface area contributed by atoms with Gasteiger partial charge in [-0.2, -0.15) is 0 Å². The van der Waals surface area contributed by atoms with Crippen LogP contribution in [0.25, 0.3) is 0 Å². The maximum Gasteiger partial charge on any atom is 0.220 e. The van der Waals surface area contributed by atoms with Crippen molar-refractivity contribution in [1.29, 1.82) is 0 Å². The summed E-state index contributed by atoms with van der Waals surface area (Å²) in [7, 11) is 0. The molecule has 1 aliphatic heterocycles. The minimum atomic E-state index is -1.57. The molecule has 0 aliphatic carbocycles. The van der Waals surface area contributed by atoms with Crippen molar-refractivity contribution < 1.29 is 39.8 Å². The maximum absolute atomic E-state index is 12.6. The van der Waals surface area contributed by atoms with E-state index in [9.17, 15) is 30.3 Å². The van der Waals surface area contributed by atoms with Crippen LogP contribution >= 0.6 is 0 Å². The molecule has 0 aromatic rings. The van der Waals surface area contributed by atoms with Crippen LogP contribution in [0.4, 0.5) is 0 Å². The van der Waals surface area contributed by atoms with Gasteiger partial charge in [-0.1, -0.05) is 147 Å². The van der Waals surface area contributed by atoms with Gasteiger partial charge in [-0.05, 0) is 32.1 Å². The number of allylic oxidation sites excluding steroid dienone is 3. The number of carbonyl (C=O) groups is 1. The van der Waals surface area contributed by atoms with Crippen molar-refractivity contribution >= 4 is 5.91 Å². The van der Waals surface area contributed by atoms with E-state index in [2.05, 4.69) is 31.3 Å². The Morgan fingerprint density at radius 1 is 0.688 bits per heavy atom. The molecule has 1 rings (SSSR count). The lowest BCUT2D eigenvalue weighted by molar-refractivity contribution is -0.302. The molecule has 0 aromatic heterocycles. The highest BCUT2D eigenvalue weighted by Gasteiger charge is 2.44. The second kappa shape index (κ2) is 30.5. The first-order chi connectivity index (χ1) is 23.3. The molecule has 0 spiro atoms. The molecule has 1 heterocycles. The Labute approximate surface area is 292 Å². The van der Waals surface area contributed by atoms with Crippen LogP contribution < -0.4 is 5.32 Å². The monoisotopic (exact) mass is 684 g/mol. The fraction of sp³-hybridized carbons (Fsp3) is 0.872. The van der Waals surface area contributed by atoms with Crippen molar-refractivity contribution in [1.82, 2.24) is 5.32 Å². The van der Waals surface area contributed by atoms with Gasteiger partial charge in [-0.3, -0.25) is 4.79 Å². The van der Waals surface area contributed by atoms with E-state index in [1.165, 1.54) is 96.3 Å². The van der Waals surface area contributed by atoms with E-state index >= 15 is 0 Å². The van der Waals surface area contributed by atoms with Gasteiger partial charge in [0.1, 0.15) is 24.4 Å². The zero-order chi connectivity index (χ0) is 35.2. The average Bonchev–Trinajstić information content (AvgIpc) is 3.08. The average molecular weight is 684 g/mol. The Balaban J connectivity index is 2.29. The number of carbonyl (C=O) groups excluding carboxylic acids is 1. The lowest BCUT2D eigenvalue weighted by atomic mass is 9.99. The summed E-state index contributed by atoms with van der Waals surface area (Å²) in [5.41, 5.74) is 0. The van der Waals surface area contributed by atoms with Crippen LogP contribution in [0.5, 0.6) is 0 Å². The smallest absolute Gasteiger partial charge is 0.220 e. The van der Waals surface area contributed by atoms with E-state index < -0.39 is 49.5 Å². The predicted octanol–water partition coefficient (Wildman–Crippen LogP) is 6.77. The summed E-state index contributed by atoms with van der Waals surface area (Å²) in [6.45, 7) is 3.61. The van der Waals surface area contributed by atoms with E-state index in [4.69, 9.17) is 9.47 Å². The van der Waals surface area contributed by atoms with Gasteiger partial charge in [0.15, 0.2) is 6.29 Å². The number of amides is 1. The second-order valence-corrected chi connectivity index (χ2v) is 13.7. The third kappa shape index (κ3) is 21.7. The zero-order valence-electron chi connectivity index (χ0n) is 30.5. The number of aliphatic hydroxyl groups excluding tert-OH is 5. The molecule has 0 radical (unpaired) electrons. The molecule has 1 saturated heterocycles. The van der Waals surface area contributed by atoms with E-state index in [0.29, 0.717) is 6.42 Å². The molecule has 1 amide bonds. The van der Waals surface area contributed by atoms with Crippen LogP contribution in [0.2, 0.25) is 0 Å². The van der Waals surface area contributed by atoms with Gasteiger partial charge in [-0.25, -0.2) is 0 Å². The van der Waals surface area contributed by atoms with Gasteiger partial charge in [0, 0.05) is 6.42 Å². The number of ether oxygens (including phenoxy) is 2. The molecule has 1 aliphatic rings. The van der Waals surface area contributed by atoms with Gasteiger partial charge in [0.25, 0.3) is 0 Å². The Morgan fingerprint density at radius 2 is 1.19 bits per heavy atom. The minimum absolute atomic E-state index is 0.200. The molecule has 7 atom stereocenters. The summed E-state index contributed by atoms with van der Waals surface area (Å²) in [5.74, 6) is -0.206. The van der Waals surface area contributed by atoms with E-state index in [1.807, 2.05) is 6.08 Å². The highest BCUT2D eigenvalue weighted by Crippen LogP contribution is 2.22. The van der Waals surface area contributed by atoms with Gasteiger partial charge in [0.2, 0.25) is 5.91 Å². The van der Waals surface area contributed by atoms with Gasteiger partial charge in [-0.15, -0.1) is 0 Å². The minimum Gasteiger partial charge on any atom is -0.394 e. The Morgan fingerprint density at radius 3 is 1.75 bits per heavy atom. The predicted molar refractivity (Wildman–Crippen MR) is 193 cm³/mol. The summed E-state index contributed by atoms with van der Waals surface area (Å²) >= 11 is 0. The fourth-order valence-electron chi connectivity index (χ4n) is 6.05. The topological polar surface area (TPSA) is 149 Å². The number of hydrogen-bond acceptors (Lipinski definition) is 8. The highest BCUT2D eigenvalue weighted by atomic mass is 16.7. The summed E-state index contributed by atoms with van der Waals surface area (Å²) in [5, 5.41) is 53.5. The van der Waals surface area contributed by atoms with Crippen LogP contribution in [0.15, 0.2) is 24.3 Å². The summed E-state index contributed by atoms with van der Waals surface area (Å²) in [4.78, 5) is 12.6. The molecule has 9 heteroatoms. The first-order valence-corrected chi connectivity index (χ1v) is 19.6. The van der Waals surface area contributed by atoms with Crippen LogP contribution in [0.3, 0.4) is 0 Å². The standard InChI is InChI=1S/C39H73NO8/c1-3-5-7-9-10-11-12-13-14-15-16-17-18-19-20-21-22-23-24-25-26-28-33(42)32(40-35(43)29-27-8-6-4-2)31-47-39-38(46)37(45)36(44)34(30-41)48-39/h22-23,26,28,32-34,36-39,41-42,44-46H,3-21,24-25,27,29-31H2,1-2H3,(H,40,43)/b23-22+,28-26+. The molecule has 7 unspecified atom stereocenters. The lowest BCUT2D eigenvalue weighted by Gasteiger charge is -2.40. The molecule has 0 bridgehead atoms. The molecule has 282 valence electrons. The molecule has 0 saturated carbocycles. The van der Waals surface area contributed by atoms with Crippen molar-refractivity contribution in [3.05, 3.63) is 24.3 Å². The zero-order valence-corrected chi connectivity index (χ0v) is 30.5. The second-order valence-electron chi connectivity index (χ2n) is 13.7. The lowest BCUT2D eigenvalue weighted by Crippen LogP contribution is -2.60. The van der Waals surface area contributed by atoms with Crippen molar-refractivity contribution in [2.45, 2.75) is 204 Å². The third-order valence-electron chi connectivity index (χ3n) is 9.28. The number of aliphatic hydroxyl groups is 5. The first-order valence-electron chi connectivity index (χ1n) is 19.6. The Hall–Kier alpha value is -1.33. The van der Waals surface area contributed by atoms with Crippen LogP contribution in [-0.2, 0) is 14.3 Å². The largest absolute Gasteiger partial charge is 0.394 e. The quantitative estimate of drug-likeness (QED) is 0.0346. The summed E-state index contributed by atoms with van der Waals surface area (Å²) < 4.78 is 11.1. The number of hydrogen-bond donors (Lipinski definition) is 6. The number of rotatable bonds is 31. The molecule has 48 heavy (non-hydrogen) atoms. The highest BCUT2D eigenvalue weighted by molar-refractivity contribution is 5.76. The van der Waals surface area contributed by atoms with Crippen LogP contribution in [0, 0.1) is 0 Å². The summed E-state index contributed by atoms with van der Waals surface area (Å²) in [6.07, 6.45) is 27.2. The van der Waals surface area contributed by atoms with Crippen molar-refractivity contribution in [2.75, 3.05) is 13.2 Å². The van der Waals surface area contributed by atoms with Gasteiger partial charge < -0.3 is 40.3 Å². The van der Waals surface area contributed by atoms with E-state index in [1.54, 1.807) is 6.08 Å². The normalized spacial score (nSPS) is 22.9. The van der Waals surface area contributed by atoms with Gasteiger partial charge >= 0.3 is 0 Å². The third-order valence-corrected chi connectivity index (χ3v) is 9.28.